The van der Waals surface area contributed by atoms with Crippen LogP contribution in [0.25, 0.3) is 0 Å². The first-order valence-corrected chi connectivity index (χ1v) is 14.0. The summed E-state index contributed by atoms with van der Waals surface area (Å²) in [6, 6.07) is 15.7. The third kappa shape index (κ3) is 6.46. The normalized spacial score (nSPS) is 13.6. The Bertz CT molecular complexity index is 1330. The second-order valence-corrected chi connectivity index (χ2v) is 10.1. The first-order chi connectivity index (χ1) is 17.9. The fraction of sp³-hybridized carbons (Fsp3) is 0.393. The van der Waals surface area contributed by atoms with Crippen LogP contribution in [0, 0.1) is 6.92 Å². The molecule has 0 saturated carbocycles. The molecule has 4 rings (SSSR count). The SMILES string of the molecule is CCc1cc(Nc2cc(=O)n(CCCC(=O)N3CCN(c4ccccc4SC)CC3)c(=O)[nH]2)ccc1C. The first-order valence-electron chi connectivity index (χ1n) is 12.8. The summed E-state index contributed by atoms with van der Waals surface area (Å²) in [4.78, 5) is 46.2. The molecule has 1 amide bonds. The van der Waals surface area contributed by atoms with Crippen LogP contribution in [0.3, 0.4) is 0 Å². The summed E-state index contributed by atoms with van der Waals surface area (Å²) in [6.45, 7) is 7.26. The first kappa shape index (κ1) is 26.6. The zero-order chi connectivity index (χ0) is 26.4. The highest BCUT2D eigenvalue weighted by molar-refractivity contribution is 7.98. The molecule has 1 fully saturated rings. The van der Waals surface area contributed by atoms with Gasteiger partial charge in [-0.3, -0.25) is 19.1 Å². The number of rotatable bonds is 9. The van der Waals surface area contributed by atoms with Crippen molar-refractivity contribution in [3.63, 3.8) is 0 Å². The van der Waals surface area contributed by atoms with Gasteiger partial charge in [0, 0.05) is 55.8 Å². The summed E-state index contributed by atoms with van der Waals surface area (Å²) >= 11 is 1.73. The summed E-state index contributed by atoms with van der Waals surface area (Å²) in [5.41, 5.74) is 3.57. The number of carbonyl (C=O) groups is 1. The van der Waals surface area contributed by atoms with Gasteiger partial charge in [0.05, 0.1) is 5.69 Å². The van der Waals surface area contributed by atoms with Crippen LogP contribution in [0.1, 0.15) is 30.9 Å². The van der Waals surface area contributed by atoms with Gasteiger partial charge in [-0.1, -0.05) is 25.1 Å². The fourth-order valence-corrected chi connectivity index (χ4v) is 5.34. The molecule has 0 atom stereocenters. The lowest BCUT2D eigenvalue weighted by Crippen LogP contribution is -2.49. The summed E-state index contributed by atoms with van der Waals surface area (Å²) in [6.07, 6.45) is 3.71. The molecular formula is C28H35N5O3S. The summed E-state index contributed by atoms with van der Waals surface area (Å²) in [7, 11) is 0. The Balaban J connectivity index is 1.29. The van der Waals surface area contributed by atoms with E-state index in [9.17, 15) is 14.4 Å². The van der Waals surface area contributed by atoms with Crippen molar-refractivity contribution >= 4 is 34.9 Å². The number of benzene rings is 2. The second-order valence-electron chi connectivity index (χ2n) is 9.24. The monoisotopic (exact) mass is 521 g/mol. The van der Waals surface area contributed by atoms with Crippen LogP contribution in [0.2, 0.25) is 0 Å². The summed E-state index contributed by atoms with van der Waals surface area (Å²) in [5, 5.41) is 3.12. The average Bonchev–Trinajstić information content (AvgIpc) is 2.91. The fourth-order valence-electron chi connectivity index (χ4n) is 4.72. The highest BCUT2D eigenvalue weighted by Crippen LogP contribution is 2.29. The van der Waals surface area contributed by atoms with Crippen molar-refractivity contribution in [3.05, 3.63) is 80.5 Å². The van der Waals surface area contributed by atoms with Crippen LogP contribution >= 0.6 is 11.8 Å². The molecule has 0 unspecified atom stereocenters. The maximum absolute atomic E-state index is 12.8. The van der Waals surface area contributed by atoms with Crippen LogP contribution in [-0.2, 0) is 17.8 Å². The minimum absolute atomic E-state index is 0.0617. The number of hydrogen-bond acceptors (Lipinski definition) is 6. The van der Waals surface area contributed by atoms with Crippen LogP contribution in [0.5, 0.6) is 0 Å². The molecule has 2 heterocycles. The van der Waals surface area contributed by atoms with E-state index in [1.165, 1.54) is 27.8 Å². The smallest absolute Gasteiger partial charge is 0.329 e. The number of amides is 1. The quantitative estimate of drug-likeness (QED) is 0.414. The lowest BCUT2D eigenvalue weighted by Gasteiger charge is -2.37. The number of anilines is 3. The molecule has 1 aromatic heterocycles. The molecular weight excluding hydrogens is 486 g/mol. The maximum atomic E-state index is 12.8. The predicted octanol–water partition coefficient (Wildman–Crippen LogP) is 4.00. The molecule has 8 nitrogen and oxygen atoms in total. The minimum atomic E-state index is -0.480. The Hall–Kier alpha value is -3.46. The number of nitrogens with zero attached hydrogens (tertiary/aromatic N) is 3. The third-order valence-electron chi connectivity index (χ3n) is 6.86. The van der Waals surface area contributed by atoms with E-state index >= 15 is 0 Å². The van der Waals surface area contributed by atoms with Crippen LogP contribution in [-0.4, -0.2) is 52.8 Å². The Morgan fingerprint density at radius 1 is 1.05 bits per heavy atom. The van der Waals surface area contributed by atoms with Gasteiger partial charge in [-0.15, -0.1) is 11.8 Å². The van der Waals surface area contributed by atoms with E-state index in [1.807, 2.05) is 35.2 Å². The topological polar surface area (TPSA) is 90.4 Å². The number of aromatic amines is 1. The molecule has 3 aromatic rings. The van der Waals surface area contributed by atoms with Crippen LogP contribution in [0.15, 0.2) is 63.0 Å². The molecule has 1 aliphatic heterocycles. The summed E-state index contributed by atoms with van der Waals surface area (Å²) in [5.74, 6) is 0.417. The van der Waals surface area contributed by atoms with E-state index in [0.717, 1.165) is 29.8 Å². The van der Waals surface area contributed by atoms with E-state index in [0.29, 0.717) is 31.7 Å². The molecule has 196 valence electrons. The number of aryl methyl sites for hydroxylation is 2. The number of piperazine rings is 1. The largest absolute Gasteiger partial charge is 0.367 e. The highest BCUT2D eigenvalue weighted by Gasteiger charge is 2.22. The van der Waals surface area contributed by atoms with E-state index in [-0.39, 0.29) is 18.0 Å². The lowest BCUT2D eigenvalue weighted by atomic mass is 10.1. The van der Waals surface area contributed by atoms with Crippen molar-refractivity contribution < 1.29 is 4.79 Å². The summed E-state index contributed by atoms with van der Waals surface area (Å²) < 4.78 is 1.16. The van der Waals surface area contributed by atoms with E-state index in [4.69, 9.17) is 0 Å². The van der Waals surface area contributed by atoms with Gasteiger partial charge in [-0.2, -0.15) is 0 Å². The van der Waals surface area contributed by atoms with Gasteiger partial charge in [0.1, 0.15) is 5.82 Å². The van der Waals surface area contributed by atoms with Gasteiger partial charge < -0.3 is 15.1 Å². The van der Waals surface area contributed by atoms with Crippen LogP contribution in [0.4, 0.5) is 17.2 Å². The Labute approximate surface area is 221 Å². The van der Waals surface area contributed by atoms with E-state index < -0.39 is 5.69 Å². The third-order valence-corrected chi connectivity index (χ3v) is 7.65. The average molecular weight is 522 g/mol. The maximum Gasteiger partial charge on any atom is 0.329 e. The number of aromatic nitrogens is 2. The second kappa shape index (κ2) is 12.2. The molecule has 2 aromatic carbocycles. The molecule has 37 heavy (non-hydrogen) atoms. The van der Waals surface area contributed by atoms with Crippen LogP contribution < -0.4 is 21.5 Å². The van der Waals surface area contributed by atoms with Gasteiger partial charge in [0.25, 0.3) is 5.56 Å². The standard InChI is InChI=1S/C28H35N5O3S/c1-4-21-18-22(12-11-20(21)2)29-25-19-27(35)33(28(36)30-25)13-7-10-26(34)32-16-14-31(15-17-32)23-8-5-6-9-24(23)37-3/h5-6,8-9,11-12,18-19,29H,4,7,10,13-17H2,1-3H3,(H,30,36). The van der Waals surface area contributed by atoms with Crippen molar-refractivity contribution in [2.24, 2.45) is 0 Å². The number of thioether (sulfide) groups is 1. The van der Waals surface area contributed by atoms with Gasteiger partial charge >= 0.3 is 5.69 Å². The molecule has 1 saturated heterocycles. The van der Waals surface area contributed by atoms with Crippen molar-refractivity contribution in [1.29, 1.82) is 0 Å². The predicted molar refractivity (Wildman–Crippen MR) is 151 cm³/mol. The highest BCUT2D eigenvalue weighted by atomic mass is 32.2. The molecule has 0 spiro atoms. The molecule has 2 N–H and O–H groups in total. The van der Waals surface area contributed by atoms with Gasteiger partial charge in [-0.25, -0.2) is 4.79 Å². The molecule has 0 radical (unpaired) electrons. The van der Waals surface area contributed by atoms with Gasteiger partial charge in [0.2, 0.25) is 5.91 Å². The zero-order valence-corrected chi connectivity index (χ0v) is 22.6. The molecule has 0 aliphatic carbocycles. The van der Waals surface area contributed by atoms with E-state index in [2.05, 4.69) is 47.4 Å². The van der Waals surface area contributed by atoms with E-state index in [1.54, 1.807) is 11.8 Å². The van der Waals surface area contributed by atoms with Crippen molar-refractivity contribution in [1.82, 2.24) is 14.5 Å². The van der Waals surface area contributed by atoms with Gasteiger partial charge in [-0.05, 0) is 61.4 Å². The number of para-hydroxylation sites is 1. The number of hydrogen-bond donors (Lipinski definition) is 2. The Morgan fingerprint density at radius 2 is 1.81 bits per heavy atom. The lowest BCUT2D eigenvalue weighted by molar-refractivity contribution is -0.131. The van der Waals surface area contributed by atoms with Gasteiger partial charge in [0.15, 0.2) is 0 Å². The Kier molecular flexibility index (Phi) is 8.76. The number of nitrogens with one attached hydrogen (secondary N) is 2. The van der Waals surface area contributed by atoms with Crippen molar-refractivity contribution in [3.8, 4) is 0 Å². The Morgan fingerprint density at radius 3 is 2.51 bits per heavy atom. The van der Waals surface area contributed by atoms with Crippen molar-refractivity contribution in [2.75, 3.05) is 42.7 Å². The van der Waals surface area contributed by atoms with Crippen molar-refractivity contribution in [2.45, 2.75) is 44.6 Å². The molecule has 9 heteroatoms. The molecule has 0 bridgehead atoms. The zero-order valence-electron chi connectivity index (χ0n) is 21.8. The number of carbonyl (C=O) groups excluding carboxylic acids is 1. The minimum Gasteiger partial charge on any atom is -0.367 e. The molecule has 1 aliphatic rings. The number of H-pyrrole nitrogens is 1.